The third-order valence-corrected chi connectivity index (χ3v) is 7.29. The van der Waals surface area contributed by atoms with Crippen molar-refractivity contribution < 1.29 is 13.2 Å². The van der Waals surface area contributed by atoms with Gasteiger partial charge in [0, 0.05) is 17.3 Å². The summed E-state index contributed by atoms with van der Waals surface area (Å²) in [7, 11) is -3.32. The Morgan fingerprint density at radius 3 is 2.50 bits per heavy atom. The van der Waals surface area contributed by atoms with E-state index in [1.165, 1.54) is 43.4 Å². The minimum absolute atomic E-state index is 0.00171. The van der Waals surface area contributed by atoms with Crippen LogP contribution in [0.2, 0.25) is 0 Å². The first kappa shape index (κ1) is 19.4. The van der Waals surface area contributed by atoms with Crippen LogP contribution < -0.4 is 10.0 Å². The van der Waals surface area contributed by atoms with E-state index in [1.54, 1.807) is 18.3 Å². The number of carbonyl (C=O) groups is 1. The Hall–Kier alpha value is -1.93. The highest BCUT2D eigenvalue weighted by molar-refractivity contribution is 7.92. The summed E-state index contributed by atoms with van der Waals surface area (Å²) in [5.41, 5.74) is 0.921. The first-order chi connectivity index (χ1) is 13.4. The number of nitrogens with zero attached hydrogens (tertiary/aromatic N) is 1. The van der Waals surface area contributed by atoms with Crippen LogP contribution in [-0.4, -0.2) is 25.6 Å². The molecule has 0 bridgehead atoms. The van der Waals surface area contributed by atoms with Crippen LogP contribution in [0.25, 0.3) is 0 Å². The van der Waals surface area contributed by atoms with Crippen molar-refractivity contribution >= 4 is 38.1 Å². The molecule has 6 nitrogen and oxygen atoms in total. The van der Waals surface area contributed by atoms with Gasteiger partial charge in [-0.15, -0.1) is 11.3 Å². The fourth-order valence-electron chi connectivity index (χ4n) is 4.66. The van der Waals surface area contributed by atoms with E-state index in [0.29, 0.717) is 22.7 Å². The van der Waals surface area contributed by atoms with Gasteiger partial charge in [0.2, 0.25) is 15.9 Å². The zero-order valence-electron chi connectivity index (χ0n) is 15.8. The van der Waals surface area contributed by atoms with Crippen LogP contribution in [0.15, 0.2) is 35.8 Å². The van der Waals surface area contributed by atoms with Crippen molar-refractivity contribution in [3.63, 3.8) is 0 Å². The van der Waals surface area contributed by atoms with Crippen LogP contribution in [0, 0.1) is 11.8 Å². The van der Waals surface area contributed by atoms with Crippen molar-refractivity contribution in [2.75, 3.05) is 16.3 Å². The molecule has 8 heteroatoms. The molecule has 2 aromatic rings. The van der Waals surface area contributed by atoms with Crippen LogP contribution in [0.5, 0.6) is 0 Å². The van der Waals surface area contributed by atoms with E-state index in [-0.39, 0.29) is 5.91 Å². The fourth-order valence-corrected chi connectivity index (χ4v) is 5.75. The highest BCUT2D eigenvalue weighted by Gasteiger charge is 2.63. The number of rotatable bonds is 6. The van der Waals surface area contributed by atoms with Gasteiger partial charge in [-0.25, -0.2) is 13.4 Å². The predicted octanol–water partition coefficient (Wildman–Crippen LogP) is 3.99. The van der Waals surface area contributed by atoms with Gasteiger partial charge in [-0.05, 0) is 36.0 Å². The molecule has 28 heavy (non-hydrogen) atoms. The highest BCUT2D eigenvalue weighted by atomic mass is 32.2. The summed E-state index contributed by atoms with van der Waals surface area (Å²) in [5.74, 6) is 0.910. The Morgan fingerprint density at radius 2 is 1.89 bits per heavy atom. The molecule has 2 fully saturated rings. The second-order valence-corrected chi connectivity index (χ2v) is 10.6. The summed E-state index contributed by atoms with van der Waals surface area (Å²) in [6.45, 7) is 0. The van der Waals surface area contributed by atoms with Crippen LogP contribution in [0.4, 0.5) is 10.8 Å². The first-order valence-electron chi connectivity index (χ1n) is 9.68. The van der Waals surface area contributed by atoms with Gasteiger partial charge >= 0.3 is 0 Å². The number of hydrogen-bond acceptors (Lipinski definition) is 5. The summed E-state index contributed by atoms with van der Waals surface area (Å²) in [5, 5.41) is 5.47. The Morgan fingerprint density at radius 1 is 1.18 bits per heavy atom. The maximum absolute atomic E-state index is 13.3. The summed E-state index contributed by atoms with van der Waals surface area (Å²) >= 11 is 1.42. The van der Waals surface area contributed by atoms with E-state index in [0.717, 1.165) is 18.2 Å². The molecule has 0 aliphatic heterocycles. The Kier molecular flexibility index (Phi) is 5.18. The third-order valence-electron chi connectivity index (χ3n) is 5.99. The summed E-state index contributed by atoms with van der Waals surface area (Å²) in [6, 6.07) is 7.26. The number of hydrogen-bond donors (Lipinski definition) is 2. The molecule has 0 spiro atoms. The van der Waals surface area contributed by atoms with Gasteiger partial charge in [0.05, 0.1) is 11.7 Å². The molecule has 2 saturated carbocycles. The molecular formula is C20H25N3O3S2. The third kappa shape index (κ3) is 3.93. The van der Waals surface area contributed by atoms with E-state index < -0.39 is 15.4 Å². The largest absolute Gasteiger partial charge is 0.301 e. The van der Waals surface area contributed by atoms with Crippen LogP contribution in [0.1, 0.15) is 44.1 Å². The molecule has 0 saturated heterocycles. The maximum atomic E-state index is 13.3. The van der Waals surface area contributed by atoms with Crippen molar-refractivity contribution in [1.82, 2.24) is 4.98 Å². The van der Waals surface area contributed by atoms with Gasteiger partial charge in [0.1, 0.15) is 0 Å². The van der Waals surface area contributed by atoms with Gasteiger partial charge in [-0.1, -0.05) is 44.2 Å². The lowest BCUT2D eigenvalue weighted by atomic mass is 9.80. The van der Waals surface area contributed by atoms with Gasteiger partial charge in [-0.2, -0.15) is 0 Å². The molecule has 1 aromatic carbocycles. The predicted molar refractivity (Wildman–Crippen MR) is 112 cm³/mol. The number of anilines is 2. The zero-order valence-corrected chi connectivity index (χ0v) is 17.5. The fraction of sp³-hybridized carbons (Fsp3) is 0.500. The lowest BCUT2D eigenvalue weighted by molar-refractivity contribution is -0.119. The van der Waals surface area contributed by atoms with Gasteiger partial charge in [0.15, 0.2) is 5.13 Å². The molecule has 1 heterocycles. The van der Waals surface area contributed by atoms with Crippen molar-refractivity contribution in [3.05, 3.63) is 41.4 Å². The number of carbonyl (C=O) groups excluding carboxylic acids is 1. The lowest BCUT2D eigenvalue weighted by Crippen LogP contribution is -2.32. The van der Waals surface area contributed by atoms with Crippen molar-refractivity contribution in [2.45, 2.75) is 43.9 Å². The first-order valence-corrected chi connectivity index (χ1v) is 12.4. The van der Waals surface area contributed by atoms with Crippen molar-refractivity contribution in [2.24, 2.45) is 11.8 Å². The Bertz CT molecular complexity index is 936. The Labute approximate surface area is 169 Å². The lowest BCUT2D eigenvalue weighted by Gasteiger charge is -2.25. The molecule has 150 valence electrons. The molecular weight excluding hydrogens is 394 g/mol. The standard InChI is InChI=1S/C20H25N3O3S2/c1-28(25,26)23-16-9-7-15(8-10-16)20(18(24)22-19-21-11-12-27-19)13-17(20)14-5-3-2-4-6-14/h7-12,14,17,23H,2-6,13H2,1H3,(H,21,22,24)/t17-,20-/m0/s1. The van der Waals surface area contributed by atoms with E-state index >= 15 is 0 Å². The molecule has 0 unspecified atom stereocenters. The SMILES string of the molecule is CS(=O)(=O)Nc1ccc([C@@]2(C(=O)Nc3nccs3)C[C@H]2C2CCCCC2)cc1. The second kappa shape index (κ2) is 7.48. The van der Waals surface area contributed by atoms with Crippen molar-refractivity contribution in [3.8, 4) is 0 Å². The summed E-state index contributed by atoms with van der Waals surface area (Å²) in [4.78, 5) is 17.5. The van der Waals surface area contributed by atoms with Crippen molar-refractivity contribution in [1.29, 1.82) is 0 Å². The van der Waals surface area contributed by atoms with Gasteiger partial charge in [-0.3, -0.25) is 9.52 Å². The van der Waals surface area contributed by atoms with E-state index in [9.17, 15) is 13.2 Å². The number of sulfonamides is 1. The number of thiazole rings is 1. The zero-order chi connectivity index (χ0) is 19.8. The highest BCUT2D eigenvalue weighted by Crippen LogP contribution is 2.61. The topological polar surface area (TPSA) is 88.2 Å². The quantitative estimate of drug-likeness (QED) is 0.741. The minimum atomic E-state index is -3.32. The molecule has 1 amide bonds. The van der Waals surface area contributed by atoms with Gasteiger partial charge < -0.3 is 5.32 Å². The van der Waals surface area contributed by atoms with E-state index in [1.807, 2.05) is 17.5 Å². The minimum Gasteiger partial charge on any atom is -0.301 e. The van der Waals surface area contributed by atoms with E-state index in [2.05, 4.69) is 15.0 Å². The normalized spacial score (nSPS) is 25.2. The number of benzene rings is 1. The molecule has 2 aliphatic carbocycles. The van der Waals surface area contributed by atoms with Crippen LogP contribution in [-0.2, 0) is 20.2 Å². The molecule has 1 aromatic heterocycles. The second-order valence-electron chi connectivity index (χ2n) is 7.92. The molecule has 0 radical (unpaired) electrons. The van der Waals surface area contributed by atoms with Gasteiger partial charge in [0.25, 0.3) is 0 Å². The Balaban J connectivity index is 1.61. The molecule has 4 rings (SSSR count). The summed E-state index contributed by atoms with van der Waals surface area (Å²) in [6.07, 6.45) is 9.79. The molecule has 2 aliphatic rings. The summed E-state index contributed by atoms with van der Waals surface area (Å²) < 4.78 is 25.4. The average molecular weight is 420 g/mol. The molecule has 2 atom stereocenters. The van der Waals surface area contributed by atoms with E-state index in [4.69, 9.17) is 0 Å². The average Bonchev–Trinajstić information content (AvgIpc) is 3.23. The van der Waals surface area contributed by atoms with Crippen LogP contribution >= 0.6 is 11.3 Å². The smallest absolute Gasteiger partial charge is 0.237 e. The number of aromatic nitrogens is 1. The monoisotopic (exact) mass is 419 g/mol. The van der Waals surface area contributed by atoms with Crippen LogP contribution in [0.3, 0.4) is 0 Å². The number of amides is 1. The maximum Gasteiger partial charge on any atom is 0.237 e. The molecule has 2 N–H and O–H groups in total. The number of nitrogens with one attached hydrogen (secondary N) is 2.